The second kappa shape index (κ2) is 6.29. The van der Waals surface area contributed by atoms with Gasteiger partial charge >= 0.3 is 5.97 Å². The van der Waals surface area contributed by atoms with Crippen LogP contribution in [0.4, 0.5) is 0 Å². The zero-order chi connectivity index (χ0) is 20.6. The first-order valence-electron chi connectivity index (χ1n) is 10.9. The van der Waals surface area contributed by atoms with Crippen molar-refractivity contribution in [3.63, 3.8) is 0 Å². The zero-order valence-corrected chi connectivity index (χ0v) is 17.8. The van der Waals surface area contributed by atoms with Gasteiger partial charge in [0.15, 0.2) is 0 Å². The number of rotatable bonds is 1. The second-order valence-electron chi connectivity index (χ2n) is 10.9. The third-order valence-corrected chi connectivity index (χ3v) is 9.82. The van der Waals surface area contributed by atoms with Crippen molar-refractivity contribution in [2.24, 2.45) is 39.7 Å². The van der Waals surface area contributed by atoms with Crippen LogP contribution >= 0.6 is 0 Å². The summed E-state index contributed by atoms with van der Waals surface area (Å²) in [6.45, 7) is 12.7. The first kappa shape index (κ1) is 20.4. The molecule has 0 aromatic rings. The van der Waals surface area contributed by atoms with Crippen LogP contribution in [0.25, 0.3) is 0 Å². The molecule has 4 saturated carbocycles. The summed E-state index contributed by atoms with van der Waals surface area (Å²) in [5.41, 5.74) is 7.20. The molecule has 4 fully saturated rings. The lowest BCUT2D eigenvalue weighted by Crippen LogP contribution is -2.67. The Balaban J connectivity index is 1.74. The van der Waals surface area contributed by atoms with Crippen molar-refractivity contribution >= 4 is 5.97 Å². The van der Waals surface area contributed by atoms with Crippen molar-refractivity contribution in [1.29, 1.82) is 0 Å². The largest absolute Gasteiger partial charge is 0.458 e. The number of aliphatic hydroxyl groups excluding tert-OH is 2. The van der Waals surface area contributed by atoms with Gasteiger partial charge in [0.05, 0.1) is 12.2 Å². The van der Waals surface area contributed by atoms with Crippen LogP contribution in [0, 0.1) is 34.0 Å². The Kier molecular flexibility index (Phi) is 4.58. The van der Waals surface area contributed by atoms with Gasteiger partial charge < -0.3 is 20.7 Å². The molecule has 0 unspecified atom stereocenters. The van der Waals surface area contributed by atoms with Gasteiger partial charge in [-0.1, -0.05) is 27.4 Å². The van der Waals surface area contributed by atoms with Gasteiger partial charge in [-0.15, -0.1) is 0 Å². The molecule has 5 nitrogen and oxygen atoms in total. The number of aliphatic hydroxyl groups is 2. The Morgan fingerprint density at radius 2 is 1.82 bits per heavy atom. The van der Waals surface area contributed by atoms with E-state index in [4.69, 9.17) is 10.5 Å². The molecule has 0 bridgehead atoms. The number of hydrogen-bond acceptors (Lipinski definition) is 5. The molecular weight excluding hydrogens is 354 g/mol. The van der Waals surface area contributed by atoms with E-state index >= 15 is 0 Å². The van der Waals surface area contributed by atoms with E-state index in [0.717, 1.165) is 31.3 Å². The van der Waals surface area contributed by atoms with Crippen molar-refractivity contribution in [2.45, 2.75) is 90.6 Å². The summed E-state index contributed by atoms with van der Waals surface area (Å²) in [4.78, 5) is 11.6. The molecule has 28 heavy (non-hydrogen) atoms. The van der Waals surface area contributed by atoms with E-state index in [-0.39, 0.29) is 52.1 Å². The summed E-state index contributed by atoms with van der Waals surface area (Å²) >= 11 is 0. The molecular formula is C23H37NO4. The Morgan fingerprint density at radius 3 is 2.46 bits per heavy atom. The topological polar surface area (TPSA) is 92.8 Å². The van der Waals surface area contributed by atoms with Crippen LogP contribution in [-0.4, -0.2) is 40.5 Å². The average Bonchev–Trinajstić information content (AvgIpc) is 2.83. The molecule has 158 valence electrons. The first-order valence-corrected chi connectivity index (χ1v) is 10.9. The number of fused-ring (bicyclic) bond motifs is 5. The zero-order valence-electron chi connectivity index (χ0n) is 17.8. The van der Waals surface area contributed by atoms with Crippen molar-refractivity contribution in [2.75, 3.05) is 0 Å². The maximum absolute atomic E-state index is 11.6. The van der Waals surface area contributed by atoms with Crippen molar-refractivity contribution < 1.29 is 19.7 Å². The van der Waals surface area contributed by atoms with E-state index < -0.39 is 12.2 Å². The van der Waals surface area contributed by atoms with Gasteiger partial charge in [0, 0.05) is 13.0 Å². The maximum atomic E-state index is 11.6. The van der Waals surface area contributed by atoms with E-state index in [1.54, 1.807) is 0 Å². The summed E-state index contributed by atoms with van der Waals surface area (Å²) in [5.74, 6) is 0.259. The molecule has 0 aromatic carbocycles. The molecule has 0 radical (unpaired) electrons. The van der Waals surface area contributed by atoms with Crippen LogP contribution < -0.4 is 5.73 Å². The van der Waals surface area contributed by atoms with Crippen molar-refractivity contribution in [3.05, 3.63) is 12.2 Å². The summed E-state index contributed by atoms with van der Waals surface area (Å²) in [6, 6.07) is -0.214. The van der Waals surface area contributed by atoms with Crippen molar-refractivity contribution in [3.8, 4) is 0 Å². The minimum atomic E-state index is -0.439. The first-order chi connectivity index (χ1) is 13.0. The monoisotopic (exact) mass is 391 g/mol. The second-order valence-corrected chi connectivity index (χ2v) is 10.9. The quantitative estimate of drug-likeness (QED) is 0.472. The van der Waals surface area contributed by atoms with Crippen LogP contribution in [0.1, 0.15) is 66.2 Å². The number of hydrogen-bond donors (Lipinski definition) is 3. The van der Waals surface area contributed by atoms with Crippen LogP contribution in [0.2, 0.25) is 0 Å². The van der Waals surface area contributed by atoms with Gasteiger partial charge in [-0.3, -0.25) is 4.79 Å². The molecule has 0 heterocycles. The normalized spacial score (nSPS) is 55.8. The number of carbonyl (C=O) groups is 1. The van der Waals surface area contributed by atoms with E-state index in [1.165, 1.54) is 6.92 Å². The number of esters is 1. The molecule has 0 spiro atoms. The van der Waals surface area contributed by atoms with E-state index in [1.807, 2.05) is 0 Å². The third kappa shape index (κ3) is 2.45. The fourth-order valence-electron chi connectivity index (χ4n) is 8.33. The van der Waals surface area contributed by atoms with Crippen LogP contribution in [0.5, 0.6) is 0 Å². The lowest BCUT2D eigenvalue weighted by atomic mass is 9.37. The number of nitrogens with two attached hydrogens (primary N) is 1. The molecule has 4 aliphatic rings. The number of ether oxygens (including phenoxy) is 1. The summed E-state index contributed by atoms with van der Waals surface area (Å²) in [7, 11) is 0. The van der Waals surface area contributed by atoms with Crippen LogP contribution in [0.3, 0.4) is 0 Å². The summed E-state index contributed by atoms with van der Waals surface area (Å²) < 4.78 is 5.63. The minimum absolute atomic E-state index is 0.0672. The molecule has 0 saturated heterocycles. The predicted molar refractivity (Wildman–Crippen MR) is 107 cm³/mol. The molecule has 0 aromatic heterocycles. The molecule has 10 atom stereocenters. The lowest BCUT2D eigenvalue weighted by Gasteiger charge is -2.68. The van der Waals surface area contributed by atoms with Gasteiger partial charge in [-0.2, -0.15) is 0 Å². The van der Waals surface area contributed by atoms with Gasteiger partial charge in [-0.25, -0.2) is 0 Å². The highest BCUT2D eigenvalue weighted by Gasteiger charge is 2.70. The Labute approximate surface area is 168 Å². The van der Waals surface area contributed by atoms with Gasteiger partial charge in [-0.05, 0) is 78.1 Å². The lowest BCUT2D eigenvalue weighted by molar-refractivity contribution is -0.227. The standard InChI is InChI=1S/C23H37NO4/c1-12-15-10-17(27)20-21(3)8-7-16(26)19(24)14(21)6-9-22(20,4)23(15,5)11-18(12)28-13(2)25/h14-20,26-27H,1,6-11,24H2,2-5H3/t14-,15-,16+,17+,18-,19-,20-,21-,22-,23-/m0/s1. The van der Waals surface area contributed by atoms with E-state index in [2.05, 4.69) is 27.4 Å². The molecule has 4 rings (SSSR count). The third-order valence-electron chi connectivity index (χ3n) is 9.82. The van der Waals surface area contributed by atoms with E-state index in [9.17, 15) is 15.0 Å². The maximum Gasteiger partial charge on any atom is 0.303 e. The average molecular weight is 392 g/mol. The Hall–Kier alpha value is -0.910. The fraction of sp³-hybridized carbons (Fsp3) is 0.870. The fourth-order valence-corrected chi connectivity index (χ4v) is 8.33. The molecule has 4 N–H and O–H groups in total. The molecule has 0 aliphatic heterocycles. The van der Waals surface area contributed by atoms with Crippen molar-refractivity contribution in [1.82, 2.24) is 0 Å². The summed E-state index contributed by atoms with van der Waals surface area (Å²) in [6.07, 6.45) is 3.89. The number of carbonyl (C=O) groups excluding carboxylic acids is 1. The van der Waals surface area contributed by atoms with Gasteiger partial charge in [0.1, 0.15) is 6.10 Å². The molecule has 5 heteroatoms. The van der Waals surface area contributed by atoms with Crippen LogP contribution in [0.15, 0.2) is 12.2 Å². The highest BCUT2D eigenvalue weighted by molar-refractivity contribution is 5.66. The SMILES string of the molecule is C=C1[C@@H](OC(C)=O)C[C@@]2(C)[C@H]1C[C@@H](O)[C@H]1[C@@]3(C)CC[C@@H](O)[C@@H](N)[C@@H]3CC[C@@]12C. The predicted octanol–water partition coefficient (Wildman–Crippen LogP) is 2.79. The van der Waals surface area contributed by atoms with Gasteiger partial charge in [0.2, 0.25) is 0 Å². The smallest absolute Gasteiger partial charge is 0.303 e. The highest BCUT2D eigenvalue weighted by atomic mass is 16.5. The molecule has 0 amide bonds. The van der Waals surface area contributed by atoms with E-state index in [0.29, 0.717) is 12.8 Å². The minimum Gasteiger partial charge on any atom is -0.458 e. The van der Waals surface area contributed by atoms with Crippen LogP contribution in [-0.2, 0) is 9.53 Å². The summed E-state index contributed by atoms with van der Waals surface area (Å²) in [5, 5.41) is 21.8. The Morgan fingerprint density at radius 1 is 1.14 bits per heavy atom. The molecule has 4 aliphatic carbocycles. The van der Waals surface area contributed by atoms with Gasteiger partial charge in [0.25, 0.3) is 0 Å². The Bertz CT molecular complexity index is 694. The highest BCUT2D eigenvalue weighted by Crippen LogP contribution is 2.73.